The van der Waals surface area contributed by atoms with E-state index in [-0.39, 0.29) is 5.69 Å². The summed E-state index contributed by atoms with van der Waals surface area (Å²) >= 11 is 5.52. The van der Waals surface area contributed by atoms with E-state index in [9.17, 15) is 9.18 Å². The van der Waals surface area contributed by atoms with E-state index in [2.05, 4.69) is 10.6 Å². The highest BCUT2D eigenvalue weighted by Crippen LogP contribution is 2.18. The van der Waals surface area contributed by atoms with Gasteiger partial charge >= 0.3 is 6.03 Å². The van der Waals surface area contributed by atoms with Crippen LogP contribution in [0.15, 0.2) is 18.2 Å². The molecule has 0 saturated heterocycles. The maximum Gasteiger partial charge on any atom is 0.319 e. The molecule has 5 heteroatoms. The lowest BCUT2D eigenvalue weighted by Crippen LogP contribution is -2.24. The molecule has 0 radical (unpaired) electrons. The Kier molecular flexibility index (Phi) is 3.08. The molecule has 0 unspecified atom stereocenters. The second-order valence-electron chi connectivity index (χ2n) is 2.33. The monoisotopic (exact) mass is 202 g/mol. The largest absolute Gasteiger partial charge is 0.341 e. The number of amides is 2. The van der Waals surface area contributed by atoms with Crippen LogP contribution in [0, 0.1) is 5.82 Å². The van der Waals surface area contributed by atoms with E-state index in [4.69, 9.17) is 11.6 Å². The predicted octanol–water partition coefficient (Wildman–Crippen LogP) is 2.23. The molecule has 0 bridgehead atoms. The second-order valence-corrected chi connectivity index (χ2v) is 2.76. The normalized spacial score (nSPS) is 9.46. The lowest BCUT2D eigenvalue weighted by molar-refractivity contribution is 0.254. The van der Waals surface area contributed by atoms with Gasteiger partial charge in [-0.25, -0.2) is 9.18 Å². The molecule has 0 aliphatic rings. The summed E-state index contributed by atoms with van der Waals surface area (Å²) in [6, 6.07) is 3.55. The Morgan fingerprint density at radius 3 is 2.77 bits per heavy atom. The van der Waals surface area contributed by atoms with Gasteiger partial charge in [-0.3, -0.25) is 0 Å². The third-order valence-corrected chi connectivity index (χ3v) is 1.64. The van der Waals surface area contributed by atoms with Gasteiger partial charge in [-0.2, -0.15) is 0 Å². The van der Waals surface area contributed by atoms with Crippen molar-refractivity contribution in [3.05, 3.63) is 29.0 Å². The van der Waals surface area contributed by atoms with E-state index in [0.717, 1.165) is 6.07 Å². The number of urea groups is 1. The van der Waals surface area contributed by atoms with Gasteiger partial charge in [0, 0.05) is 12.1 Å². The Morgan fingerprint density at radius 2 is 2.23 bits per heavy atom. The van der Waals surface area contributed by atoms with Gasteiger partial charge in [0.1, 0.15) is 5.82 Å². The molecule has 2 amide bonds. The van der Waals surface area contributed by atoms with Gasteiger partial charge in [0.05, 0.1) is 5.69 Å². The number of hydrogen-bond acceptors (Lipinski definition) is 1. The van der Waals surface area contributed by atoms with Gasteiger partial charge in [0.15, 0.2) is 0 Å². The lowest BCUT2D eigenvalue weighted by atomic mass is 10.3. The SMILES string of the molecule is CNC(=O)Nc1ccc(Cl)cc1F. The topological polar surface area (TPSA) is 41.1 Å². The minimum atomic E-state index is -0.559. The van der Waals surface area contributed by atoms with Crippen LogP contribution < -0.4 is 10.6 Å². The summed E-state index contributed by atoms with van der Waals surface area (Å²) < 4.78 is 13.0. The van der Waals surface area contributed by atoms with Gasteiger partial charge in [-0.05, 0) is 18.2 Å². The minimum absolute atomic E-state index is 0.101. The molecule has 70 valence electrons. The molecule has 0 spiro atoms. The van der Waals surface area contributed by atoms with Crippen molar-refractivity contribution in [2.24, 2.45) is 0 Å². The van der Waals surface area contributed by atoms with Crippen LogP contribution in [0.2, 0.25) is 5.02 Å². The van der Waals surface area contributed by atoms with Crippen LogP contribution >= 0.6 is 11.6 Å². The van der Waals surface area contributed by atoms with Crippen LogP contribution in [-0.2, 0) is 0 Å². The van der Waals surface area contributed by atoms with Crippen molar-refractivity contribution < 1.29 is 9.18 Å². The summed E-state index contributed by atoms with van der Waals surface area (Å²) in [5.74, 6) is -0.559. The van der Waals surface area contributed by atoms with E-state index in [1.807, 2.05) is 0 Å². The maximum absolute atomic E-state index is 13.0. The zero-order valence-electron chi connectivity index (χ0n) is 6.90. The highest BCUT2D eigenvalue weighted by Gasteiger charge is 2.04. The average molecular weight is 203 g/mol. The van der Waals surface area contributed by atoms with Crippen LogP contribution in [0.3, 0.4) is 0 Å². The van der Waals surface area contributed by atoms with Crippen LogP contribution in [0.5, 0.6) is 0 Å². The van der Waals surface area contributed by atoms with Crippen LogP contribution in [0.1, 0.15) is 0 Å². The van der Waals surface area contributed by atoms with Crippen molar-refractivity contribution in [3.8, 4) is 0 Å². The molecule has 1 rings (SSSR count). The zero-order chi connectivity index (χ0) is 9.84. The fraction of sp³-hybridized carbons (Fsp3) is 0.125. The first-order valence-electron chi connectivity index (χ1n) is 3.57. The molecule has 0 aromatic heterocycles. The average Bonchev–Trinajstić information content (AvgIpc) is 2.09. The minimum Gasteiger partial charge on any atom is -0.341 e. The molecule has 0 aliphatic carbocycles. The Balaban J connectivity index is 2.83. The number of rotatable bonds is 1. The summed E-state index contributed by atoms with van der Waals surface area (Å²) in [5.41, 5.74) is 0.101. The van der Waals surface area contributed by atoms with E-state index >= 15 is 0 Å². The molecule has 2 N–H and O–H groups in total. The molecule has 0 heterocycles. The number of carbonyl (C=O) groups is 1. The third kappa shape index (κ3) is 2.59. The molecule has 0 saturated carbocycles. The first kappa shape index (κ1) is 9.80. The van der Waals surface area contributed by atoms with Crippen LogP contribution in [-0.4, -0.2) is 13.1 Å². The van der Waals surface area contributed by atoms with E-state index in [1.165, 1.54) is 19.2 Å². The standard InChI is InChI=1S/C8H8ClFN2O/c1-11-8(13)12-7-3-2-5(9)4-6(7)10/h2-4H,1H3,(H2,11,12,13). The van der Waals surface area contributed by atoms with Crippen molar-refractivity contribution in [3.63, 3.8) is 0 Å². The molecular formula is C8H8ClFN2O. The summed E-state index contributed by atoms with van der Waals surface area (Å²) in [7, 11) is 1.45. The fourth-order valence-electron chi connectivity index (χ4n) is 0.776. The highest BCUT2D eigenvalue weighted by atomic mass is 35.5. The van der Waals surface area contributed by atoms with Gasteiger partial charge in [0.25, 0.3) is 0 Å². The van der Waals surface area contributed by atoms with Crippen LogP contribution in [0.4, 0.5) is 14.9 Å². The Hall–Kier alpha value is -1.29. The lowest BCUT2D eigenvalue weighted by Gasteiger charge is -2.04. The van der Waals surface area contributed by atoms with E-state index in [1.54, 1.807) is 0 Å². The van der Waals surface area contributed by atoms with Crippen molar-refractivity contribution >= 4 is 23.3 Å². The molecule has 0 aliphatic heterocycles. The predicted molar refractivity (Wildman–Crippen MR) is 49.5 cm³/mol. The number of benzene rings is 1. The first-order valence-corrected chi connectivity index (χ1v) is 3.95. The molecule has 0 fully saturated rings. The van der Waals surface area contributed by atoms with Gasteiger partial charge in [0.2, 0.25) is 0 Å². The van der Waals surface area contributed by atoms with Crippen molar-refractivity contribution in [1.29, 1.82) is 0 Å². The number of nitrogens with one attached hydrogen (secondary N) is 2. The maximum atomic E-state index is 13.0. The number of anilines is 1. The third-order valence-electron chi connectivity index (χ3n) is 1.41. The molecule has 3 nitrogen and oxygen atoms in total. The summed E-state index contributed by atoms with van der Waals surface area (Å²) in [6.45, 7) is 0. The van der Waals surface area contributed by atoms with E-state index < -0.39 is 11.8 Å². The molecule has 13 heavy (non-hydrogen) atoms. The van der Waals surface area contributed by atoms with E-state index in [0.29, 0.717) is 5.02 Å². The van der Waals surface area contributed by atoms with Gasteiger partial charge in [-0.15, -0.1) is 0 Å². The molecule has 1 aromatic carbocycles. The molecular weight excluding hydrogens is 195 g/mol. The molecule has 1 aromatic rings. The second kappa shape index (κ2) is 4.09. The van der Waals surface area contributed by atoms with Gasteiger partial charge in [-0.1, -0.05) is 11.6 Å². The zero-order valence-corrected chi connectivity index (χ0v) is 7.65. The summed E-state index contributed by atoms with van der Waals surface area (Å²) in [6.07, 6.45) is 0. The summed E-state index contributed by atoms with van der Waals surface area (Å²) in [4.78, 5) is 10.8. The number of hydrogen-bond donors (Lipinski definition) is 2. The van der Waals surface area contributed by atoms with Crippen molar-refractivity contribution in [2.45, 2.75) is 0 Å². The Bertz CT molecular complexity index is 330. The van der Waals surface area contributed by atoms with Crippen molar-refractivity contribution in [2.75, 3.05) is 12.4 Å². The van der Waals surface area contributed by atoms with Crippen LogP contribution in [0.25, 0.3) is 0 Å². The highest BCUT2D eigenvalue weighted by molar-refractivity contribution is 6.30. The Morgan fingerprint density at radius 1 is 1.54 bits per heavy atom. The quantitative estimate of drug-likeness (QED) is 0.721. The smallest absolute Gasteiger partial charge is 0.319 e. The summed E-state index contributed by atoms with van der Waals surface area (Å²) in [5, 5.41) is 4.90. The van der Waals surface area contributed by atoms with Gasteiger partial charge < -0.3 is 10.6 Å². The molecule has 0 atom stereocenters. The Labute approximate surface area is 79.9 Å². The number of carbonyl (C=O) groups excluding carboxylic acids is 1. The first-order chi connectivity index (χ1) is 6.13. The fourth-order valence-corrected chi connectivity index (χ4v) is 0.934. The number of halogens is 2. The van der Waals surface area contributed by atoms with Crippen molar-refractivity contribution in [1.82, 2.24) is 5.32 Å².